The molecule has 0 saturated carbocycles. The highest BCUT2D eigenvalue weighted by molar-refractivity contribution is 5.87. The van der Waals surface area contributed by atoms with Crippen LogP contribution in [0.4, 0.5) is 4.39 Å². The van der Waals surface area contributed by atoms with Crippen LogP contribution in [-0.4, -0.2) is 31.2 Å². The number of benzene rings is 1. The maximum absolute atomic E-state index is 14.3. The summed E-state index contributed by atoms with van der Waals surface area (Å²) in [7, 11) is 1.52. The number of hydrogen-bond donors (Lipinski definition) is 0. The summed E-state index contributed by atoms with van der Waals surface area (Å²) in [5, 5.41) is 13.5. The van der Waals surface area contributed by atoms with Gasteiger partial charge in [0.25, 0.3) is 11.4 Å². The molecule has 9 nitrogen and oxygen atoms in total. The summed E-state index contributed by atoms with van der Waals surface area (Å²) >= 11 is 0. The maximum atomic E-state index is 14.3. The van der Waals surface area contributed by atoms with E-state index in [4.69, 9.17) is 9.26 Å². The number of ether oxygens (including phenoxy) is 1. The fourth-order valence-electron chi connectivity index (χ4n) is 3.36. The smallest absolute Gasteiger partial charge is 0.278 e. The van der Waals surface area contributed by atoms with Crippen molar-refractivity contribution >= 4 is 16.6 Å². The van der Waals surface area contributed by atoms with Crippen molar-refractivity contribution in [2.24, 2.45) is 0 Å². The van der Waals surface area contributed by atoms with E-state index in [1.54, 1.807) is 27.7 Å². The van der Waals surface area contributed by atoms with Crippen LogP contribution in [0.2, 0.25) is 0 Å². The number of halogens is 1. The first-order valence-electron chi connectivity index (χ1n) is 9.24. The van der Waals surface area contributed by atoms with Crippen LogP contribution in [-0.2, 0) is 10.3 Å². The number of nitrogens with zero attached hydrogens (tertiary/aromatic N) is 6. The number of methoxy groups -OCH3 is 1. The fourth-order valence-corrected chi connectivity index (χ4v) is 3.36. The molecule has 0 aliphatic heterocycles. The Labute approximate surface area is 170 Å². The van der Waals surface area contributed by atoms with Gasteiger partial charge in [-0.2, -0.15) is 10.2 Å². The minimum absolute atomic E-state index is 0.131. The van der Waals surface area contributed by atoms with E-state index in [2.05, 4.69) is 15.1 Å². The molecule has 154 valence electrons. The van der Waals surface area contributed by atoms with Crippen LogP contribution in [0.25, 0.3) is 28.1 Å². The van der Waals surface area contributed by atoms with E-state index < -0.39 is 17.0 Å². The zero-order chi connectivity index (χ0) is 21.8. The van der Waals surface area contributed by atoms with Crippen molar-refractivity contribution in [2.45, 2.75) is 39.3 Å². The Morgan fingerprint density at radius 1 is 1.30 bits per heavy atom. The van der Waals surface area contributed by atoms with Crippen LogP contribution >= 0.6 is 0 Å². The van der Waals surface area contributed by atoms with Crippen molar-refractivity contribution in [1.29, 1.82) is 5.26 Å². The number of rotatable bonds is 4. The minimum Gasteiger partial charge on any atom is -0.369 e. The van der Waals surface area contributed by atoms with Crippen LogP contribution in [0.3, 0.4) is 0 Å². The third-order valence-electron chi connectivity index (χ3n) is 5.09. The first kappa shape index (κ1) is 19.7. The molecule has 0 atom stereocenters. The number of hydrogen-bond acceptors (Lipinski definition) is 7. The van der Waals surface area contributed by atoms with Gasteiger partial charge in [-0.1, -0.05) is 5.16 Å². The van der Waals surface area contributed by atoms with E-state index in [-0.39, 0.29) is 40.0 Å². The largest absolute Gasteiger partial charge is 0.369 e. The molecule has 1 aromatic carbocycles. The van der Waals surface area contributed by atoms with Gasteiger partial charge in [-0.15, -0.1) is 0 Å². The molecule has 4 rings (SSSR count). The molecule has 0 saturated heterocycles. The summed E-state index contributed by atoms with van der Waals surface area (Å²) in [4.78, 5) is 22.1. The van der Waals surface area contributed by atoms with E-state index in [1.165, 1.54) is 34.5 Å². The number of nitriles is 1. The lowest BCUT2D eigenvalue weighted by Gasteiger charge is -2.17. The highest BCUT2D eigenvalue weighted by Gasteiger charge is 2.29. The van der Waals surface area contributed by atoms with Gasteiger partial charge in [0, 0.05) is 13.2 Å². The lowest BCUT2D eigenvalue weighted by atomic mass is 10.1. The second-order valence-electron chi connectivity index (χ2n) is 7.62. The molecule has 0 aliphatic rings. The highest BCUT2D eigenvalue weighted by Crippen LogP contribution is 2.29. The monoisotopic (exact) mass is 410 g/mol. The zero-order valence-electron chi connectivity index (χ0n) is 17.1. The molecular weight excluding hydrogens is 391 g/mol. The molecule has 3 heterocycles. The van der Waals surface area contributed by atoms with Gasteiger partial charge in [-0.3, -0.25) is 9.20 Å². The average molecular weight is 410 g/mol. The minimum atomic E-state index is -0.815. The van der Waals surface area contributed by atoms with Gasteiger partial charge in [0.2, 0.25) is 5.82 Å². The Hall–Kier alpha value is -3.58. The van der Waals surface area contributed by atoms with Gasteiger partial charge >= 0.3 is 0 Å². The van der Waals surface area contributed by atoms with E-state index in [9.17, 15) is 14.4 Å². The van der Waals surface area contributed by atoms with Crippen molar-refractivity contribution in [3.8, 4) is 17.6 Å². The summed E-state index contributed by atoms with van der Waals surface area (Å²) in [5.41, 5.74) is -0.344. The first-order valence-corrected chi connectivity index (χ1v) is 9.24. The average Bonchev–Trinajstić information content (AvgIpc) is 3.35. The molecule has 0 N–H and O–H groups in total. The molecular formula is C20H19FN6O3. The third kappa shape index (κ3) is 2.70. The number of fused-ring (bicyclic) bond motifs is 3. The molecule has 4 aromatic rings. The summed E-state index contributed by atoms with van der Waals surface area (Å²) < 4.78 is 27.9. The van der Waals surface area contributed by atoms with Crippen LogP contribution in [0.15, 0.2) is 27.8 Å². The van der Waals surface area contributed by atoms with Gasteiger partial charge in [-0.05, 0) is 39.8 Å². The van der Waals surface area contributed by atoms with Crippen molar-refractivity contribution in [2.75, 3.05) is 7.11 Å². The molecule has 30 heavy (non-hydrogen) atoms. The third-order valence-corrected chi connectivity index (χ3v) is 5.09. The molecule has 0 fully saturated rings. The van der Waals surface area contributed by atoms with E-state index in [0.717, 1.165) is 0 Å². The molecule has 0 aliphatic carbocycles. The topological polar surface area (TPSA) is 111 Å². The highest BCUT2D eigenvalue weighted by atomic mass is 19.1. The van der Waals surface area contributed by atoms with Crippen LogP contribution in [0, 0.1) is 17.1 Å². The van der Waals surface area contributed by atoms with Gasteiger partial charge in [-0.25, -0.2) is 9.37 Å². The van der Waals surface area contributed by atoms with E-state index in [1.807, 2.05) is 6.07 Å². The summed E-state index contributed by atoms with van der Waals surface area (Å²) in [6.45, 7) is 7.11. The summed E-state index contributed by atoms with van der Waals surface area (Å²) in [6.07, 6.45) is 1.43. The van der Waals surface area contributed by atoms with Crippen molar-refractivity contribution in [3.05, 3.63) is 46.1 Å². The molecule has 3 aromatic heterocycles. The molecule has 0 spiro atoms. The second kappa shape index (κ2) is 6.74. The Morgan fingerprint density at radius 2 is 2.03 bits per heavy atom. The van der Waals surface area contributed by atoms with Crippen molar-refractivity contribution < 1.29 is 13.7 Å². The van der Waals surface area contributed by atoms with Crippen molar-refractivity contribution in [3.63, 3.8) is 0 Å². The van der Waals surface area contributed by atoms with Gasteiger partial charge in [0.15, 0.2) is 0 Å². The molecule has 10 heteroatoms. The van der Waals surface area contributed by atoms with Gasteiger partial charge < -0.3 is 13.8 Å². The predicted molar refractivity (Wildman–Crippen MR) is 105 cm³/mol. The van der Waals surface area contributed by atoms with Crippen LogP contribution in [0.1, 0.15) is 45.2 Å². The van der Waals surface area contributed by atoms with Crippen LogP contribution in [0.5, 0.6) is 0 Å². The molecule has 0 amide bonds. The Kier molecular flexibility index (Phi) is 4.43. The fraction of sp³-hybridized carbons (Fsp3) is 0.350. The second-order valence-corrected chi connectivity index (χ2v) is 7.62. The Morgan fingerprint density at radius 3 is 2.67 bits per heavy atom. The Balaban J connectivity index is 2.10. The quantitative estimate of drug-likeness (QED) is 0.508. The standard InChI is InChI=1S/C20H19FN6O3/c1-10(2)27-15-11(8-22)12(21)6-7-13(15)26-9-23-14(16(26)18(27)28)17-24-19(30-25-17)20(3,4)29-5/h6-7,9-10H,1-5H3. The summed E-state index contributed by atoms with van der Waals surface area (Å²) in [6, 6.07) is 4.24. The first-order chi connectivity index (χ1) is 14.2. The predicted octanol–water partition coefficient (Wildman–Crippen LogP) is 3.17. The van der Waals surface area contributed by atoms with Crippen molar-refractivity contribution in [1.82, 2.24) is 24.1 Å². The lowest BCUT2D eigenvalue weighted by Crippen LogP contribution is -2.25. The van der Waals surface area contributed by atoms with E-state index in [0.29, 0.717) is 5.52 Å². The number of imidazole rings is 1. The Bertz CT molecular complexity index is 1390. The van der Waals surface area contributed by atoms with E-state index >= 15 is 0 Å². The molecule has 0 radical (unpaired) electrons. The normalized spacial score (nSPS) is 12.2. The molecule has 0 unspecified atom stereocenters. The maximum Gasteiger partial charge on any atom is 0.278 e. The van der Waals surface area contributed by atoms with Gasteiger partial charge in [0.05, 0.1) is 11.0 Å². The number of aromatic nitrogens is 5. The molecule has 0 bridgehead atoms. The zero-order valence-corrected chi connectivity index (χ0v) is 17.1. The van der Waals surface area contributed by atoms with Gasteiger partial charge in [0.1, 0.15) is 40.6 Å². The van der Waals surface area contributed by atoms with Crippen LogP contribution < -0.4 is 5.56 Å². The SMILES string of the molecule is COC(C)(C)c1nc(-c2ncn3c2c(=O)n(C(C)C)c2c(C#N)c(F)ccc23)no1. The lowest BCUT2D eigenvalue weighted by molar-refractivity contribution is -0.00786. The summed E-state index contributed by atoms with van der Waals surface area (Å²) in [5.74, 6) is -0.324.